The molecule has 1 N–H and O–H groups in total. The van der Waals surface area contributed by atoms with Gasteiger partial charge < -0.3 is 9.88 Å². The Balaban J connectivity index is 1.69. The molecular formula is C23H18BrFN2O3S. The highest BCUT2D eigenvalue weighted by Crippen LogP contribution is 2.30. The third-order valence-electron chi connectivity index (χ3n) is 4.92. The summed E-state index contributed by atoms with van der Waals surface area (Å²) in [6.07, 6.45) is 1.45. The number of sulfone groups is 1. The molecule has 0 radical (unpaired) electrons. The van der Waals surface area contributed by atoms with Crippen molar-refractivity contribution in [3.05, 3.63) is 88.8 Å². The maximum absolute atomic E-state index is 13.3. The molecule has 1 heterocycles. The van der Waals surface area contributed by atoms with Crippen molar-refractivity contribution < 1.29 is 17.6 Å². The van der Waals surface area contributed by atoms with Crippen molar-refractivity contribution in [2.45, 2.75) is 23.3 Å². The number of carbonyl (C=O) groups excluding carboxylic acids is 1. The number of amides is 1. The quantitative estimate of drug-likeness (QED) is 0.377. The maximum Gasteiger partial charge on any atom is 0.244 e. The van der Waals surface area contributed by atoms with Gasteiger partial charge in [-0.05, 0) is 61.0 Å². The summed E-state index contributed by atoms with van der Waals surface area (Å²) < 4.78 is 42.2. The lowest BCUT2D eigenvalue weighted by atomic mass is 10.2. The molecule has 8 heteroatoms. The van der Waals surface area contributed by atoms with Crippen molar-refractivity contribution >= 4 is 48.3 Å². The standard InChI is InChI=1S/C23H18BrFN2O3S/c1-15-12-17(8-11-20(15)24)26-23(28)14-27-13-22(19-4-2-3-5-21(19)27)31(29,30)18-9-6-16(25)7-10-18/h2-13H,14H2,1H3,(H,26,28). The van der Waals surface area contributed by atoms with Crippen LogP contribution < -0.4 is 5.32 Å². The lowest BCUT2D eigenvalue weighted by molar-refractivity contribution is -0.116. The molecule has 0 aliphatic rings. The highest BCUT2D eigenvalue weighted by molar-refractivity contribution is 9.10. The van der Waals surface area contributed by atoms with Crippen molar-refractivity contribution in [3.8, 4) is 0 Å². The van der Waals surface area contributed by atoms with Crippen LogP contribution in [0, 0.1) is 12.7 Å². The number of aromatic nitrogens is 1. The van der Waals surface area contributed by atoms with Gasteiger partial charge in [0.25, 0.3) is 0 Å². The highest BCUT2D eigenvalue weighted by Gasteiger charge is 2.24. The van der Waals surface area contributed by atoms with Crippen LogP contribution in [0.25, 0.3) is 10.9 Å². The van der Waals surface area contributed by atoms with E-state index < -0.39 is 15.7 Å². The van der Waals surface area contributed by atoms with E-state index in [1.54, 1.807) is 34.9 Å². The minimum atomic E-state index is -3.89. The number of nitrogens with one attached hydrogen (secondary N) is 1. The zero-order chi connectivity index (χ0) is 22.2. The lowest BCUT2D eigenvalue weighted by Crippen LogP contribution is -2.18. The van der Waals surface area contributed by atoms with E-state index in [1.807, 2.05) is 19.1 Å². The molecule has 0 fully saturated rings. The summed E-state index contributed by atoms with van der Waals surface area (Å²) in [5, 5.41) is 3.34. The molecule has 4 rings (SSSR count). The van der Waals surface area contributed by atoms with Gasteiger partial charge >= 0.3 is 0 Å². The number of nitrogens with zero attached hydrogens (tertiary/aromatic N) is 1. The number of anilines is 1. The Morgan fingerprint density at radius 2 is 1.77 bits per heavy atom. The number of rotatable bonds is 5. The number of fused-ring (bicyclic) bond motifs is 1. The normalized spacial score (nSPS) is 11.6. The topological polar surface area (TPSA) is 68.2 Å². The first-order chi connectivity index (χ1) is 14.8. The molecule has 0 saturated heterocycles. The summed E-state index contributed by atoms with van der Waals surface area (Å²) in [4.78, 5) is 12.7. The Bertz CT molecular complexity index is 1400. The molecule has 158 valence electrons. The van der Waals surface area contributed by atoms with Crippen molar-refractivity contribution in [3.63, 3.8) is 0 Å². The first-order valence-corrected chi connectivity index (χ1v) is 11.7. The molecule has 0 atom stereocenters. The molecule has 5 nitrogen and oxygen atoms in total. The van der Waals surface area contributed by atoms with E-state index in [1.165, 1.54) is 18.3 Å². The van der Waals surface area contributed by atoms with Crippen molar-refractivity contribution in [1.29, 1.82) is 0 Å². The van der Waals surface area contributed by atoms with Crippen LogP contribution in [0.4, 0.5) is 10.1 Å². The summed E-state index contributed by atoms with van der Waals surface area (Å²) in [5.74, 6) is -0.797. The number of hydrogen-bond donors (Lipinski definition) is 1. The molecule has 0 aliphatic carbocycles. The molecule has 3 aromatic carbocycles. The number of para-hydroxylation sites is 1. The minimum Gasteiger partial charge on any atom is -0.337 e. The van der Waals surface area contributed by atoms with E-state index in [2.05, 4.69) is 21.2 Å². The van der Waals surface area contributed by atoms with E-state index in [0.29, 0.717) is 16.6 Å². The van der Waals surface area contributed by atoms with Gasteiger partial charge in [-0.3, -0.25) is 4.79 Å². The SMILES string of the molecule is Cc1cc(NC(=O)Cn2cc(S(=O)(=O)c3ccc(F)cc3)c3ccccc32)ccc1Br. The summed E-state index contributed by atoms with van der Waals surface area (Å²) in [7, 11) is -3.89. The summed E-state index contributed by atoms with van der Waals surface area (Å²) in [6, 6.07) is 17.1. The molecule has 0 aliphatic heterocycles. The third-order valence-corrected chi connectivity index (χ3v) is 7.61. The van der Waals surface area contributed by atoms with Gasteiger partial charge in [0.05, 0.1) is 9.79 Å². The number of benzene rings is 3. The average Bonchev–Trinajstić information content (AvgIpc) is 3.10. The van der Waals surface area contributed by atoms with Crippen LogP contribution in [-0.2, 0) is 21.2 Å². The fraction of sp³-hybridized carbons (Fsp3) is 0.0870. The smallest absolute Gasteiger partial charge is 0.244 e. The van der Waals surface area contributed by atoms with E-state index in [4.69, 9.17) is 0 Å². The van der Waals surface area contributed by atoms with Crippen LogP contribution in [0.5, 0.6) is 0 Å². The Morgan fingerprint density at radius 1 is 1.06 bits per heavy atom. The molecule has 0 saturated carbocycles. The van der Waals surface area contributed by atoms with E-state index >= 15 is 0 Å². The summed E-state index contributed by atoms with van der Waals surface area (Å²) >= 11 is 3.43. The van der Waals surface area contributed by atoms with Crippen molar-refractivity contribution in [2.75, 3.05) is 5.32 Å². The van der Waals surface area contributed by atoms with E-state index in [-0.39, 0.29) is 22.2 Å². The highest BCUT2D eigenvalue weighted by atomic mass is 79.9. The Labute approximate surface area is 187 Å². The van der Waals surface area contributed by atoms with Crippen LogP contribution >= 0.6 is 15.9 Å². The average molecular weight is 501 g/mol. The van der Waals surface area contributed by atoms with Crippen LogP contribution in [0.3, 0.4) is 0 Å². The first kappa shape index (κ1) is 21.3. The molecule has 0 spiro atoms. The van der Waals surface area contributed by atoms with Gasteiger partial charge in [0.2, 0.25) is 15.7 Å². The Hall–Kier alpha value is -2.97. The zero-order valence-electron chi connectivity index (χ0n) is 16.5. The van der Waals surface area contributed by atoms with Crippen LogP contribution in [0.2, 0.25) is 0 Å². The predicted octanol–water partition coefficient (Wildman–Crippen LogP) is 5.32. The zero-order valence-corrected chi connectivity index (χ0v) is 18.9. The summed E-state index contributed by atoms with van der Waals surface area (Å²) in [6.45, 7) is 1.86. The van der Waals surface area contributed by atoms with Gasteiger partial charge in [0, 0.05) is 27.3 Å². The fourth-order valence-electron chi connectivity index (χ4n) is 3.38. The van der Waals surface area contributed by atoms with Gasteiger partial charge in [-0.2, -0.15) is 0 Å². The second kappa shape index (κ2) is 8.28. The summed E-state index contributed by atoms with van der Waals surface area (Å²) in [5.41, 5.74) is 2.25. The largest absolute Gasteiger partial charge is 0.337 e. The Kier molecular flexibility index (Phi) is 5.68. The van der Waals surface area contributed by atoms with Gasteiger partial charge in [0.15, 0.2) is 0 Å². The number of hydrogen-bond acceptors (Lipinski definition) is 3. The van der Waals surface area contributed by atoms with Crippen LogP contribution in [0.1, 0.15) is 5.56 Å². The van der Waals surface area contributed by atoms with Gasteiger partial charge in [-0.15, -0.1) is 0 Å². The molecule has 31 heavy (non-hydrogen) atoms. The number of carbonyl (C=O) groups is 1. The second-order valence-corrected chi connectivity index (χ2v) is 9.88. The van der Waals surface area contributed by atoms with Gasteiger partial charge in [-0.25, -0.2) is 12.8 Å². The lowest BCUT2D eigenvalue weighted by Gasteiger charge is -2.09. The first-order valence-electron chi connectivity index (χ1n) is 9.40. The minimum absolute atomic E-state index is 0.00778. The Morgan fingerprint density at radius 3 is 2.48 bits per heavy atom. The molecule has 0 bridgehead atoms. The van der Waals surface area contributed by atoms with E-state index in [0.717, 1.165) is 22.2 Å². The van der Waals surface area contributed by atoms with Crippen LogP contribution in [-0.4, -0.2) is 18.9 Å². The fourth-order valence-corrected chi connectivity index (χ4v) is 5.10. The van der Waals surface area contributed by atoms with Crippen LogP contribution in [0.15, 0.2) is 87.2 Å². The maximum atomic E-state index is 13.3. The molecular weight excluding hydrogens is 483 g/mol. The second-order valence-electron chi connectivity index (χ2n) is 7.11. The van der Waals surface area contributed by atoms with E-state index in [9.17, 15) is 17.6 Å². The molecule has 1 amide bonds. The molecule has 1 aromatic heterocycles. The molecule has 0 unspecified atom stereocenters. The molecule has 4 aromatic rings. The predicted molar refractivity (Wildman–Crippen MR) is 121 cm³/mol. The van der Waals surface area contributed by atoms with Crippen molar-refractivity contribution in [2.24, 2.45) is 0 Å². The van der Waals surface area contributed by atoms with Gasteiger partial charge in [0.1, 0.15) is 12.4 Å². The monoisotopic (exact) mass is 500 g/mol. The van der Waals surface area contributed by atoms with Crippen molar-refractivity contribution in [1.82, 2.24) is 4.57 Å². The van der Waals surface area contributed by atoms with Gasteiger partial charge in [-0.1, -0.05) is 34.1 Å². The third kappa shape index (κ3) is 4.26. The number of aryl methyl sites for hydroxylation is 1. The number of halogens is 2.